The molecule has 0 saturated heterocycles. The molecule has 1 heteroatoms. The summed E-state index contributed by atoms with van der Waals surface area (Å²) < 4.78 is 0. The molecule has 41 heavy (non-hydrogen) atoms. The van der Waals surface area contributed by atoms with Gasteiger partial charge in [0.05, 0.1) is 0 Å². The summed E-state index contributed by atoms with van der Waals surface area (Å²) in [5, 5.41) is 0. The van der Waals surface area contributed by atoms with Gasteiger partial charge in [0.1, 0.15) is 0 Å². The summed E-state index contributed by atoms with van der Waals surface area (Å²) in [6.07, 6.45) is 50.4. The summed E-state index contributed by atoms with van der Waals surface area (Å²) in [5.74, 6) is 1.85. The fraction of sp³-hybridized carbons (Fsp3) is 0.850. The molecule has 0 aromatic carbocycles. The Hall–Kier alpha value is -0.820. The van der Waals surface area contributed by atoms with Crippen LogP contribution in [0.3, 0.4) is 0 Å². The molecule has 0 amide bonds. The molecule has 0 spiro atoms. The van der Waals surface area contributed by atoms with E-state index in [2.05, 4.69) is 76.2 Å². The van der Waals surface area contributed by atoms with E-state index in [4.69, 9.17) is 0 Å². The molecule has 0 aliphatic heterocycles. The van der Waals surface area contributed by atoms with Gasteiger partial charge in [-0.05, 0) is 135 Å². The first-order valence-electron chi connectivity index (χ1n) is 18.7. The molecule has 0 aromatic rings. The van der Waals surface area contributed by atoms with E-state index in [1.54, 1.807) is 0 Å². The molecular weight excluding hydrogens is 494 g/mol. The molecule has 0 rings (SSSR count). The van der Waals surface area contributed by atoms with Crippen LogP contribution in [0.5, 0.6) is 0 Å². The fourth-order valence-corrected chi connectivity index (χ4v) is 6.16. The summed E-state index contributed by atoms with van der Waals surface area (Å²) in [6, 6.07) is 0. The lowest BCUT2D eigenvalue weighted by Gasteiger charge is -2.28. The topological polar surface area (TPSA) is 3.24 Å². The van der Waals surface area contributed by atoms with Crippen LogP contribution in [-0.4, -0.2) is 25.5 Å². The number of unbranched alkanes of at least 4 members (excludes halogenated alkanes) is 15. The Bertz CT molecular complexity index is 545. The maximum absolute atomic E-state index is 2.50. The zero-order valence-corrected chi connectivity index (χ0v) is 29.2. The van der Waals surface area contributed by atoms with Crippen molar-refractivity contribution in [2.75, 3.05) is 20.6 Å². The van der Waals surface area contributed by atoms with Gasteiger partial charge in [0, 0.05) is 0 Å². The van der Waals surface area contributed by atoms with Crippen molar-refractivity contribution < 1.29 is 0 Å². The maximum Gasteiger partial charge on any atom is -0.00248 e. The Morgan fingerprint density at radius 1 is 0.366 bits per heavy atom. The Morgan fingerprint density at radius 2 is 0.683 bits per heavy atom. The van der Waals surface area contributed by atoms with Crippen molar-refractivity contribution in [3.05, 3.63) is 36.5 Å². The number of nitrogens with zero attached hydrogens (tertiary/aromatic N) is 1. The molecule has 0 aliphatic rings. The van der Waals surface area contributed by atoms with Crippen LogP contribution in [-0.2, 0) is 0 Å². The highest BCUT2D eigenvalue weighted by molar-refractivity contribution is 4.85. The molecule has 0 radical (unpaired) electrons. The molecule has 0 heterocycles. The molecule has 242 valence electrons. The second-order valence-corrected chi connectivity index (χ2v) is 13.2. The minimum absolute atomic E-state index is 0.923. The lowest BCUT2D eigenvalue weighted by Crippen LogP contribution is -2.16. The van der Waals surface area contributed by atoms with Crippen molar-refractivity contribution in [3.63, 3.8) is 0 Å². The normalized spacial score (nSPS) is 13.2. The van der Waals surface area contributed by atoms with E-state index in [0.29, 0.717) is 0 Å². The molecule has 1 atom stereocenters. The molecule has 0 aromatic heterocycles. The third-order valence-electron chi connectivity index (χ3n) is 8.86. The van der Waals surface area contributed by atoms with Gasteiger partial charge in [-0.2, -0.15) is 0 Å². The Balaban J connectivity index is 4.95. The molecule has 0 N–H and O–H groups in total. The quantitative estimate of drug-likeness (QED) is 0.0573. The zero-order chi connectivity index (χ0) is 30.1. The molecule has 0 bridgehead atoms. The lowest BCUT2D eigenvalue weighted by molar-refractivity contribution is 0.243. The number of hydrogen-bond donors (Lipinski definition) is 0. The van der Waals surface area contributed by atoms with E-state index in [1.807, 2.05) is 0 Å². The highest BCUT2D eigenvalue weighted by Gasteiger charge is 2.20. The van der Waals surface area contributed by atoms with E-state index in [1.165, 1.54) is 173 Å². The summed E-state index contributed by atoms with van der Waals surface area (Å²) in [7, 11) is 4.42. The first kappa shape index (κ1) is 40.2. The molecule has 0 aliphatic carbocycles. The minimum Gasteiger partial charge on any atom is -0.309 e. The summed E-state index contributed by atoms with van der Waals surface area (Å²) >= 11 is 0. The van der Waals surface area contributed by atoms with Gasteiger partial charge in [0.15, 0.2) is 0 Å². The van der Waals surface area contributed by atoms with Crippen molar-refractivity contribution in [1.82, 2.24) is 4.90 Å². The van der Waals surface area contributed by atoms with Gasteiger partial charge < -0.3 is 4.90 Å². The second-order valence-electron chi connectivity index (χ2n) is 13.2. The second kappa shape index (κ2) is 33.7. The Morgan fingerprint density at radius 3 is 1.02 bits per heavy atom. The predicted octanol–water partition coefficient (Wildman–Crippen LogP) is 13.7. The van der Waals surface area contributed by atoms with E-state index in [-0.39, 0.29) is 0 Å². The number of hydrogen-bond acceptors (Lipinski definition) is 1. The van der Waals surface area contributed by atoms with Crippen LogP contribution < -0.4 is 0 Å². The van der Waals surface area contributed by atoms with Crippen LogP contribution in [0.1, 0.15) is 188 Å². The SMILES string of the molecule is CCCCC/C=C\CCCC(CCC/C=C\CCCCC)C(CCC/C=C\CCCCC)CCCCCCN(C)C. The zero-order valence-electron chi connectivity index (χ0n) is 29.2. The van der Waals surface area contributed by atoms with E-state index >= 15 is 0 Å². The molecule has 1 nitrogen and oxygen atoms in total. The maximum atomic E-state index is 2.50. The van der Waals surface area contributed by atoms with Crippen LogP contribution in [0.2, 0.25) is 0 Å². The van der Waals surface area contributed by atoms with Crippen LogP contribution in [0, 0.1) is 11.8 Å². The van der Waals surface area contributed by atoms with Gasteiger partial charge in [-0.1, -0.05) is 121 Å². The van der Waals surface area contributed by atoms with E-state index < -0.39 is 0 Å². The minimum atomic E-state index is 0.923. The number of allylic oxidation sites excluding steroid dienone is 6. The van der Waals surface area contributed by atoms with Crippen LogP contribution in [0.25, 0.3) is 0 Å². The smallest absolute Gasteiger partial charge is 0.00248 e. The first-order chi connectivity index (χ1) is 20.2. The third-order valence-corrected chi connectivity index (χ3v) is 8.86. The monoisotopic (exact) mass is 572 g/mol. The largest absolute Gasteiger partial charge is 0.309 e. The Labute approximate surface area is 261 Å². The van der Waals surface area contributed by atoms with Crippen molar-refractivity contribution in [2.45, 2.75) is 188 Å². The third kappa shape index (κ3) is 30.4. The lowest BCUT2D eigenvalue weighted by atomic mass is 9.78. The summed E-state index contributed by atoms with van der Waals surface area (Å²) in [5.41, 5.74) is 0. The van der Waals surface area contributed by atoms with Gasteiger partial charge in [0.25, 0.3) is 0 Å². The van der Waals surface area contributed by atoms with Crippen LogP contribution in [0.4, 0.5) is 0 Å². The van der Waals surface area contributed by atoms with E-state index in [9.17, 15) is 0 Å². The number of rotatable bonds is 32. The standard InChI is InChI=1S/C40H77N/c1-6-9-12-15-18-21-24-29-34-39(35-30-25-22-19-16-13-10-7-2)40(37-32-27-28-33-38-41(4)5)36-31-26-23-20-17-14-11-8-3/h18-23,39-40H,6-17,24-38H2,1-5H3/b21-18-,22-19-,23-20-. The molecule has 0 fully saturated rings. The highest BCUT2D eigenvalue weighted by atomic mass is 15.0. The van der Waals surface area contributed by atoms with Crippen molar-refractivity contribution in [3.8, 4) is 0 Å². The average molecular weight is 572 g/mol. The molecule has 1 unspecified atom stereocenters. The summed E-state index contributed by atoms with van der Waals surface area (Å²) in [6.45, 7) is 8.15. The average Bonchev–Trinajstić information content (AvgIpc) is 2.96. The van der Waals surface area contributed by atoms with Gasteiger partial charge in [-0.25, -0.2) is 0 Å². The van der Waals surface area contributed by atoms with Crippen molar-refractivity contribution >= 4 is 0 Å². The first-order valence-corrected chi connectivity index (χ1v) is 18.7. The van der Waals surface area contributed by atoms with Crippen LogP contribution >= 0.6 is 0 Å². The van der Waals surface area contributed by atoms with Crippen LogP contribution in [0.15, 0.2) is 36.5 Å². The van der Waals surface area contributed by atoms with Crippen molar-refractivity contribution in [1.29, 1.82) is 0 Å². The van der Waals surface area contributed by atoms with Crippen molar-refractivity contribution in [2.24, 2.45) is 11.8 Å². The van der Waals surface area contributed by atoms with Gasteiger partial charge >= 0.3 is 0 Å². The fourth-order valence-electron chi connectivity index (χ4n) is 6.16. The molecular formula is C40H77N. The predicted molar refractivity (Wildman–Crippen MR) is 190 cm³/mol. The molecule has 0 saturated carbocycles. The van der Waals surface area contributed by atoms with Gasteiger partial charge in [-0.3, -0.25) is 0 Å². The van der Waals surface area contributed by atoms with Gasteiger partial charge in [-0.15, -0.1) is 0 Å². The van der Waals surface area contributed by atoms with Gasteiger partial charge in [0.2, 0.25) is 0 Å². The Kier molecular flexibility index (Phi) is 33.0. The van der Waals surface area contributed by atoms with E-state index in [0.717, 1.165) is 11.8 Å². The summed E-state index contributed by atoms with van der Waals surface area (Å²) in [4.78, 5) is 2.34. The highest BCUT2D eigenvalue weighted by Crippen LogP contribution is 2.33.